The number of aliphatic hydroxyl groups excluding tert-OH is 2. The van der Waals surface area contributed by atoms with Crippen molar-refractivity contribution in [1.29, 1.82) is 0 Å². The molecule has 0 saturated carbocycles. The maximum absolute atomic E-state index is 12.4. The molecule has 3 N–H and O–H groups in total. The van der Waals surface area contributed by atoms with Gasteiger partial charge in [-0.25, -0.2) is 0 Å². The molecule has 0 aromatic heterocycles. The van der Waals surface area contributed by atoms with Crippen LogP contribution in [-0.4, -0.2) is 47.4 Å². The molecule has 60 heavy (non-hydrogen) atoms. The molecule has 0 fully saturated rings. The molecule has 6 heteroatoms. The quantitative estimate of drug-likeness (QED) is 0.0322. The van der Waals surface area contributed by atoms with Crippen LogP contribution < -0.4 is 5.32 Å². The number of esters is 1. The Kier molecular flexibility index (Phi) is 48.1. The molecule has 0 aliphatic heterocycles. The molecule has 0 aliphatic rings. The number of hydrogen-bond acceptors (Lipinski definition) is 5. The summed E-state index contributed by atoms with van der Waals surface area (Å²) in [6.45, 7) is 4.80. The molecule has 0 aromatic carbocycles. The Labute approximate surface area is 373 Å². The second-order valence-corrected chi connectivity index (χ2v) is 17.8. The minimum Gasteiger partial charge on any atom is -0.466 e. The first-order valence-corrected chi connectivity index (χ1v) is 26.3. The Balaban J connectivity index is 3.58. The van der Waals surface area contributed by atoms with Crippen molar-refractivity contribution in [3.05, 3.63) is 36.5 Å². The van der Waals surface area contributed by atoms with Crippen LogP contribution in [0.5, 0.6) is 0 Å². The first kappa shape index (κ1) is 58.1. The maximum Gasteiger partial charge on any atom is 0.305 e. The molecule has 0 radical (unpaired) electrons. The van der Waals surface area contributed by atoms with Gasteiger partial charge in [0.15, 0.2) is 0 Å². The van der Waals surface area contributed by atoms with Crippen molar-refractivity contribution in [2.24, 2.45) is 0 Å². The summed E-state index contributed by atoms with van der Waals surface area (Å²) in [5, 5.41) is 23.1. The Hall–Kier alpha value is -1.92. The lowest BCUT2D eigenvalue weighted by Crippen LogP contribution is -2.45. The van der Waals surface area contributed by atoms with E-state index in [0.717, 1.165) is 77.0 Å². The van der Waals surface area contributed by atoms with Crippen molar-refractivity contribution in [2.45, 2.75) is 283 Å². The highest BCUT2D eigenvalue weighted by atomic mass is 16.5. The topological polar surface area (TPSA) is 95.9 Å². The summed E-state index contributed by atoms with van der Waals surface area (Å²) < 4.78 is 5.42. The second kappa shape index (κ2) is 49.7. The number of aliphatic hydroxyl groups is 2. The number of rotatable bonds is 48. The Bertz CT molecular complexity index is 977. The summed E-state index contributed by atoms with van der Waals surface area (Å²) in [4.78, 5) is 24.4. The third kappa shape index (κ3) is 45.6. The molecular formula is C54H101NO5. The van der Waals surface area contributed by atoms with Gasteiger partial charge in [-0.1, -0.05) is 211 Å². The average Bonchev–Trinajstić information content (AvgIpc) is 3.25. The zero-order valence-electron chi connectivity index (χ0n) is 39.9. The molecule has 1 amide bonds. The number of carbonyl (C=O) groups excluding carboxylic acids is 2. The highest BCUT2D eigenvalue weighted by molar-refractivity contribution is 5.76. The van der Waals surface area contributed by atoms with Crippen LogP contribution >= 0.6 is 0 Å². The van der Waals surface area contributed by atoms with Crippen LogP contribution in [0.25, 0.3) is 0 Å². The zero-order valence-corrected chi connectivity index (χ0v) is 39.9. The predicted molar refractivity (Wildman–Crippen MR) is 259 cm³/mol. The lowest BCUT2D eigenvalue weighted by atomic mass is 10.0. The van der Waals surface area contributed by atoms with Gasteiger partial charge in [0.2, 0.25) is 5.91 Å². The van der Waals surface area contributed by atoms with E-state index in [-0.39, 0.29) is 18.5 Å². The van der Waals surface area contributed by atoms with Gasteiger partial charge in [-0.2, -0.15) is 0 Å². The fraction of sp³-hybridized carbons (Fsp3) is 0.852. The highest BCUT2D eigenvalue weighted by Crippen LogP contribution is 2.16. The molecule has 0 saturated heterocycles. The van der Waals surface area contributed by atoms with Crippen LogP contribution in [-0.2, 0) is 14.3 Å². The van der Waals surface area contributed by atoms with Gasteiger partial charge in [0, 0.05) is 12.8 Å². The largest absolute Gasteiger partial charge is 0.466 e. The Morgan fingerprint density at radius 1 is 0.450 bits per heavy atom. The van der Waals surface area contributed by atoms with Gasteiger partial charge in [-0.15, -0.1) is 0 Å². The van der Waals surface area contributed by atoms with Gasteiger partial charge in [0.1, 0.15) is 0 Å². The van der Waals surface area contributed by atoms with Crippen molar-refractivity contribution in [3.8, 4) is 0 Å². The first-order chi connectivity index (χ1) is 29.5. The molecule has 0 rings (SSSR count). The summed E-state index contributed by atoms with van der Waals surface area (Å²) in [5.41, 5.74) is 0. The van der Waals surface area contributed by atoms with E-state index in [1.165, 1.54) is 167 Å². The summed E-state index contributed by atoms with van der Waals surface area (Å²) in [6, 6.07) is -0.654. The smallest absolute Gasteiger partial charge is 0.305 e. The van der Waals surface area contributed by atoms with Crippen molar-refractivity contribution < 1.29 is 24.5 Å². The minimum atomic E-state index is -0.867. The van der Waals surface area contributed by atoms with Gasteiger partial charge < -0.3 is 20.3 Å². The van der Waals surface area contributed by atoms with Crippen molar-refractivity contribution >= 4 is 11.9 Å². The van der Waals surface area contributed by atoms with Gasteiger partial charge in [0.25, 0.3) is 0 Å². The zero-order chi connectivity index (χ0) is 43.7. The number of hydrogen-bond donors (Lipinski definition) is 3. The minimum absolute atomic E-state index is 0.0479. The summed E-state index contributed by atoms with van der Waals surface area (Å²) >= 11 is 0. The van der Waals surface area contributed by atoms with E-state index in [1.54, 1.807) is 6.08 Å². The van der Waals surface area contributed by atoms with Crippen LogP contribution in [0, 0.1) is 0 Å². The van der Waals surface area contributed by atoms with Gasteiger partial charge >= 0.3 is 5.97 Å². The molecular weight excluding hydrogens is 743 g/mol. The third-order valence-electron chi connectivity index (χ3n) is 11.9. The van der Waals surface area contributed by atoms with Crippen molar-refractivity contribution in [3.63, 3.8) is 0 Å². The van der Waals surface area contributed by atoms with Gasteiger partial charge in [-0.05, 0) is 83.5 Å². The number of carbonyl (C=O) groups is 2. The maximum atomic E-state index is 12.4. The fourth-order valence-corrected chi connectivity index (χ4v) is 7.80. The molecule has 2 atom stereocenters. The van der Waals surface area contributed by atoms with Crippen molar-refractivity contribution in [2.75, 3.05) is 13.2 Å². The van der Waals surface area contributed by atoms with Crippen LogP contribution in [0.3, 0.4) is 0 Å². The number of nitrogens with one attached hydrogen (secondary N) is 1. The van der Waals surface area contributed by atoms with E-state index in [1.807, 2.05) is 6.08 Å². The van der Waals surface area contributed by atoms with Gasteiger partial charge in [-0.3, -0.25) is 9.59 Å². The normalized spacial score (nSPS) is 12.9. The average molecular weight is 844 g/mol. The second-order valence-electron chi connectivity index (χ2n) is 17.8. The van der Waals surface area contributed by atoms with Crippen LogP contribution in [0.15, 0.2) is 36.5 Å². The van der Waals surface area contributed by atoms with Crippen LogP contribution in [0.2, 0.25) is 0 Å². The first-order valence-electron chi connectivity index (χ1n) is 26.3. The summed E-state index contributed by atoms with van der Waals surface area (Å²) in [5.74, 6) is -0.151. The Morgan fingerprint density at radius 3 is 1.20 bits per heavy atom. The van der Waals surface area contributed by atoms with Crippen molar-refractivity contribution in [1.82, 2.24) is 5.32 Å². The number of ether oxygens (including phenoxy) is 1. The van der Waals surface area contributed by atoms with E-state index in [9.17, 15) is 19.8 Å². The molecule has 352 valence electrons. The molecule has 0 aliphatic carbocycles. The standard InChI is InChI=1S/C54H101NO5/c1-3-5-7-9-11-13-15-17-18-19-20-21-22-23-25-26-30-34-38-42-46-52(57)51(50-56)55-53(58)47-43-39-35-31-28-29-33-37-41-45-49-60-54(59)48-44-40-36-32-27-24-16-14-12-10-8-6-4-2/h14,16,29,33,42,46,51-52,56-57H,3-13,15,17-28,30-32,34-41,43-45,47-50H2,1-2H3,(H,55,58)/b16-14-,33-29-,46-42+. The lowest BCUT2D eigenvalue weighted by molar-refractivity contribution is -0.143. The monoisotopic (exact) mass is 844 g/mol. The number of unbranched alkanes of at least 4 members (excludes halogenated alkanes) is 33. The van der Waals surface area contributed by atoms with E-state index in [0.29, 0.717) is 19.4 Å². The Morgan fingerprint density at radius 2 is 0.783 bits per heavy atom. The molecule has 2 unspecified atom stereocenters. The fourth-order valence-electron chi connectivity index (χ4n) is 7.80. The van der Waals surface area contributed by atoms with E-state index < -0.39 is 12.1 Å². The predicted octanol–water partition coefficient (Wildman–Crippen LogP) is 15.7. The number of amides is 1. The van der Waals surface area contributed by atoms with Crippen LogP contribution in [0.1, 0.15) is 271 Å². The molecule has 6 nitrogen and oxygen atoms in total. The highest BCUT2D eigenvalue weighted by Gasteiger charge is 2.18. The third-order valence-corrected chi connectivity index (χ3v) is 11.9. The lowest BCUT2D eigenvalue weighted by Gasteiger charge is -2.20. The molecule has 0 spiro atoms. The molecule has 0 aromatic rings. The summed E-state index contributed by atoms with van der Waals surface area (Å²) in [6.07, 6.45) is 60.1. The molecule has 0 bridgehead atoms. The van der Waals surface area contributed by atoms with E-state index >= 15 is 0 Å². The van der Waals surface area contributed by atoms with E-state index in [2.05, 4.69) is 43.5 Å². The summed E-state index contributed by atoms with van der Waals surface area (Å²) in [7, 11) is 0. The van der Waals surface area contributed by atoms with Gasteiger partial charge in [0.05, 0.1) is 25.4 Å². The molecule has 0 heterocycles. The number of allylic oxidation sites excluding steroid dienone is 5. The SMILES string of the molecule is CCCCCC/C=C\CCCCCCCC(=O)OCCCC/C=C\CCCCCCC(=O)NC(CO)C(O)/C=C/CCCCCCCCCCCCCCCCCCCC. The van der Waals surface area contributed by atoms with Crippen LogP contribution in [0.4, 0.5) is 0 Å². The van der Waals surface area contributed by atoms with E-state index in [4.69, 9.17) is 4.74 Å².